The summed E-state index contributed by atoms with van der Waals surface area (Å²) in [6.45, 7) is 3.41. The molecule has 1 heterocycles. The van der Waals surface area contributed by atoms with Crippen LogP contribution in [0.15, 0.2) is 30.3 Å². The van der Waals surface area contributed by atoms with Crippen molar-refractivity contribution in [1.82, 2.24) is 4.98 Å². The van der Waals surface area contributed by atoms with E-state index in [1.54, 1.807) is 31.4 Å². The smallest absolute Gasteiger partial charge is 0.195 e. The van der Waals surface area contributed by atoms with Gasteiger partial charge in [-0.2, -0.15) is 5.26 Å². The van der Waals surface area contributed by atoms with Crippen molar-refractivity contribution >= 4 is 16.7 Å². The minimum atomic E-state index is -1.08. The minimum absolute atomic E-state index is 0.112. The number of carbonyl (C=O) groups is 1. The predicted molar refractivity (Wildman–Crippen MR) is 110 cm³/mol. The zero-order valence-electron chi connectivity index (χ0n) is 16.9. The Balaban J connectivity index is 1.95. The fraction of sp³-hybridized carbons (Fsp3) is 0.304. The summed E-state index contributed by atoms with van der Waals surface area (Å²) < 4.78 is 11.0. The number of aromatic amines is 1. The normalized spacial score (nSPS) is 15.3. The van der Waals surface area contributed by atoms with Gasteiger partial charge in [0.1, 0.15) is 24.5 Å². The lowest BCUT2D eigenvalue weighted by Gasteiger charge is -2.32. The summed E-state index contributed by atoms with van der Waals surface area (Å²) in [6, 6.07) is 10.8. The molecular formula is C23H22N2O5. The summed E-state index contributed by atoms with van der Waals surface area (Å²) in [4.78, 5) is 16.7. The van der Waals surface area contributed by atoms with Crippen LogP contribution in [0.3, 0.4) is 0 Å². The number of nitriles is 1. The number of fused-ring (bicyclic) bond motifs is 4. The van der Waals surface area contributed by atoms with Crippen LogP contribution in [0.25, 0.3) is 10.9 Å². The molecule has 0 saturated heterocycles. The summed E-state index contributed by atoms with van der Waals surface area (Å²) in [6.07, 6.45) is -1.08. The Kier molecular flexibility index (Phi) is 4.77. The first kappa shape index (κ1) is 20.0. The van der Waals surface area contributed by atoms with Gasteiger partial charge in [-0.1, -0.05) is 19.9 Å². The van der Waals surface area contributed by atoms with Gasteiger partial charge in [-0.25, -0.2) is 0 Å². The number of aromatic nitrogens is 1. The average molecular weight is 406 g/mol. The van der Waals surface area contributed by atoms with Gasteiger partial charge in [0, 0.05) is 22.1 Å². The van der Waals surface area contributed by atoms with Crippen molar-refractivity contribution in [1.29, 1.82) is 5.26 Å². The van der Waals surface area contributed by atoms with E-state index in [0.29, 0.717) is 27.8 Å². The average Bonchev–Trinajstić information content (AvgIpc) is 3.16. The molecule has 0 fully saturated rings. The molecule has 4 rings (SSSR count). The van der Waals surface area contributed by atoms with Gasteiger partial charge < -0.3 is 24.7 Å². The van der Waals surface area contributed by atoms with Crippen LogP contribution in [0, 0.1) is 11.3 Å². The lowest BCUT2D eigenvalue weighted by molar-refractivity contribution is 0.0539. The molecule has 0 saturated carbocycles. The number of aliphatic hydroxyl groups is 2. The SMILES string of the molecule is COc1ccc2c(c1)C(C)(C)c1[nH]c3c(OC[C@@H](O)CO)c(C#N)ccc3c1C2=O. The number of nitrogens with one attached hydrogen (secondary N) is 1. The van der Waals surface area contributed by atoms with E-state index < -0.39 is 18.1 Å². The Labute approximate surface area is 173 Å². The van der Waals surface area contributed by atoms with Gasteiger partial charge in [-0.15, -0.1) is 0 Å². The maximum absolute atomic E-state index is 13.4. The number of benzene rings is 2. The number of methoxy groups -OCH3 is 1. The van der Waals surface area contributed by atoms with Crippen molar-refractivity contribution in [2.75, 3.05) is 20.3 Å². The highest BCUT2D eigenvalue weighted by Crippen LogP contribution is 2.46. The number of rotatable bonds is 5. The third kappa shape index (κ3) is 2.84. The molecule has 7 nitrogen and oxygen atoms in total. The van der Waals surface area contributed by atoms with Crippen molar-refractivity contribution in [2.45, 2.75) is 25.4 Å². The first-order chi connectivity index (χ1) is 14.3. The molecule has 0 radical (unpaired) electrons. The van der Waals surface area contributed by atoms with E-state index in [4.69, 9.17) is 14.6 Å². The largest absolute Gasteiger partial charge is 0.497 e. The van der Waals surface area contributed by atoms with Gasteiger partial charge in [0.05, 0.1) is 30.4 Å². The predicted octanol–water partition coefficient (Wildman–Crippen LogP) is 2.65. The number of nitrogens with zero attached hydrogens (tertiary/aromatic N) is 1. The summed E-state index contributed by atoms with van der Waals surface area (Å²) >= 11 is 0. The second-order valence-electron chi connectivity index (χ2n) is 7.86. The van der Waals surface area contributed by atoms with E-state index in [1.807, 2.05) is 19.9 Å². The van der Waals surface area contributed by atoms with Crippen molar-refractivity contribution < 1.29 is 24.5 Å². The van der Waals surface area contributed by atoms with Crippen molar-refractivity contribution in [3.05, 3.63) is 58.3 Å². The van der Waals surface area contributed by atoms with Crippen LogP contribution >= 0.6 is 0 Å². The molecular weight excluding hydrogens is 384 g/mol. The number of aliphatic hydroxyl groups excluding tert-OH is 2. The van der Waals surface area contributed by atoms with E-state index in [2.05, 4.69) is 11.1 Å². The van der Waals surface area contributed by atoms with Crippen LogP contribution in [0.2, 0.25) is 0 Å². The number of H-pyrrole nitrogens is 1. The molecule has 0 amide bonds. The van der Waals surface area contributed by atoms with Crippen LogP contribution in [0.1, 0.15) is 46.6 Å². The van der Waals surface area contributed by atoms with E-state index in [1.165, 1.54) is 0 Å². The molecule has 30 heavy (non-hydrogen) atoms. The van der Waals surface area contributed by atoms with Crippen LogP contribution in [0.4, 0.5) is 0 Å². The molecule has 0 unspecified atom stereocenters. The third-order valence-electron chi connectivity index (χ3n) is 5.68. The molecule has 0 spiro atoms. The van der Waals surface area contributed by atoms with Crippen LogP contribution in [-0.4, -0.2) is 47.4 Å². The molecule has 1 aliphatic rings. The van der Waals surface area contributed by atoms with Crippen molar-refractivity contribution in [2.24, 2.45) is 0 Å². The molecule has 1 atom stereocenters. The van der Waals surface area contributed by atoms with E-state index in [-0.39, 0.29) is 23.7 Å². The molecule has 2 aromatic carbocycles. The quantitative estimate of drug-likeness (QED) is 0.600. The Bertz CT molecular complexity index is 1200. The number of hydrogen-bond acceptors (Lipinski definition) is 6. The molecule has 3 aromatic rings. The lowest BCUT2D eigenvalue weighted by Crippen LogP contribution is -2.30. The van der Waals surface area contributed by atoms with Gasteiger partial charge >= 0.3 is 0 Å². The molecule has 154 valence electrons. The Morgan fingerprint density at radius 2 is 2.03 bits per heavy atom. The van der Waals surface area contributed by atoms with Gasteiger partial charge in [0.15, 0.2) is 11.5 Å². The monoisotopic (exact) mass is 406 g/mol. The third-order valence-corrected chi connectivity index (χ3v) is 5.68. The molecule has 0 bridgehead atoms. The number of carbonyl (C=O) groups excluding carboxylic acids is 1. The lowest BCUT2D eigenvalue weighted by atomic mass is 9.71. The highest BCUT2D eigenvalue weighted by Gasteiger charge is 2.40. The van der Waals surface area contributed by atoms with Gasteiger partial charge in [-0.3, -0.25) is 4.79 Å². The van der Waals surface area contributed by atoms with Crippen LogP contribution < -0.4 is 9.47 Å². The Morgan fingerprint density at radius 3 is 2.70 bits per heavy atom. The molecule has 7 heteroatoms. The highest BCUT2D eigenvalue weighted by atomic mass is 16.5. The molecule has 0 aliphatic heterocycles. The fourth-order valence-electron chi connectivity index (χ4n) is 4.05. The maximum atomic E-state index is 13.4. The highest BCUT2D eigenvalue weighted by molar-refractivity contribution is 6.20. The first-order valence-corrected chi connectivity index (χ1v) is 9.57. The Morgan fingerprint density at radius 1 is 1.27 bits per heavy atom. The second-order valence-corrected chi connectivity index (χ2v) is 7.86. The second kappa shape index (κ2) is 7.17. The van der Waals surface area contributed by atoms with Crippen LogP contribution in [0.5, 0.6) is 11.5 Å². The fourth-order valence-corrected chi connectivity index (χ4v) is 4.05. The zero-order valence-corrected chi connectivity index (χ0v) is 16.9. The van der Waals surface area contributed by atoms with Crippen molar-refractivity contribution in [3.8, 4) is 17.6 Å². The standard InChI is InChI=1S/C23H22N2O5/c1-23(2)17-8-14(29-3)5-7-15(17)20(28)18-16-6-4-12(9-24)21(19(16)25-22(18)23)30-11-13(27)10-26/h4-8,13,25-27H,10-11H2,1-3H3/t13-/m0/s1. The zero-order chi connectivity index (χ0) is 21.6. The van der Waals surface area contributed by atoms with E-state index in [9.17, 15) is 15.2 Å². The summed E-state index contributed by atoms with van der Waals surface area (Å²) in [7, 11) is 1.58. The van der Waals surface area contributed by atoms with Gasteiger partial charge in [-0.05, 0) is 29.8 Å². The van der Waals surface area contributed by atoms with Crippen molar-refractivity contribution in [3.63, 3.8) is 0 Å². The Hall–Kier alpha value is -3.34. The topological polar surface area (TPSA) is 116 Å². The van der Waals surface area contributed by atoms with Gasteiger partial charge in [0.25, 0.3) is 0 Å². The number of ketones is 1. The summed E-state index contributed by atoms with van der Waals surface area (Å²) in [5.41, 5.74) is 3.00. The summed E-state index contributed by atoms with van der Waals surface area (Å²) in [5.74, 6) is 0.810. The molecule has 1 aromatic heterocycles. The van der Waals surface area contributed by atoms with Crippen LogP contribution in [-0.2, 0) is 5.41 Å². The molecule has 3 N–H and O–H groups in total. The molecule has 1 aliphatic carbocycles. The van der Waals surface area contributed by atoms with E-state index >= 15 is 0 Å². The maximum Gasteiger partial charge on any atom is 0.195 e. The first-order valence-electron chi connectivity index (χ1n) is 9.57. The number of ether oxygens (including phenoxy) is 2. The minimum Gasteiger partial charge on any atom is -0.497 e. The van der Waals surface area contributed by atoms with E-state index in [0.717, 1.165) is 11.3 Å². The summed E-state index contributed by atoms with van der Waals surface area (Å²) in [5, 5.41) is 28.9. The number of hydrogen-bond donors (Lipinski definition) is 3. The van der Waals surface area contributed by atoms with Gasteiger partial charge in [0.2, 0.25) is 0 Å².